The van der Waals surface area contributed by atoms with E-state index in [0.29, 0.717) is 24.3 Å². The third-order valence-electron chi connectivity index (χ3n) is 6.01. The quantitative estimate of drug-likeness (QED) is 0.396. The lowest BCUT2D eigenvalue weighted by atomic mass is 9.90. The molecule has 7 heteroatoms. The number of nitrogens with zero attached hydrogens (tertiary/aromatic N) is 1. The SMILES string of the molecule is COc1ccc(C(Cc2ccc(OC)cc2Br)C(=O)N2C(=O)OCC2Cc2ccccc2)cc1. The summed E-state index contributed by atoms with van der Waals surface area (Å²) in [6, 6.07) is 22.5. The molecule has 176 valence electrons. The number of halogens is 1. The summed E-state index contributed by atoms with van der Waals surface area (Å²) in [5, 5.41) is 0. The minimum Gasteiger partial charge on any atom is -0.497 e. The first-order valence-corrected chi connectivity index (χ1v) is 11.8. The van der Waals surface area contributed by atoms with E-state index in [1.165, 1.54) is 4.90 Å². The summed E-state index contributed by atoms with van der Waals surface area (Å²) in [5.74, 6) is 0.549. The molecule has 0 spiro atoms. The van der Waals surface area contributed by atoms with Crippen LogP contribution in [-0.4, -0.2) is 43.8 Å². The molecule has 0 aromatic heterocycles. The molecule has 2 amide bonds. The van der Waals surface area contributed by atoms with Crippen LogP contribution in [0, 0.1) is 0 Å². The fourth-order valence-electron chi connectivity index (χ4n) is 4.16. The van der Waals surface area contributed by atoms with Gasteiger partial charge in [-0.3, -0.25) is 4.79 Å². The molecular weight excluding hydrogens is 498 g/mol. The standard InChI is InChI=1S/C27H26BrNO5/c1-32-22-11-8-19(9-12-22)24(15-20-10-13-23(33-2)16-25(20)28)26(30)29-21(17-34-27(29)31)14-18-6-4-3-5-7-18/h3-13,16,21,24H,14-15,17H2,1-2H3. The summed E-state index contributed by atoms with van der Waals surface area (Å²) in [7, 11) is 3.21. The first-order chi connectivity index (χ1) is 16.5. The summed E-state index contributed by atoms with van der Waals surface area (Å²) >= 11 is 3.60. The van der Waals surface area contributed by atoms with Crippen molar-refractivity contribution in [2.45, 2.75) is 24.8 Å². The van der Waals surface area contributed by atoms with Crippen molar-refractivity contribution in [1.82, 2.24) is 4.90 Å². The zero-order chi connectivity index (χ0) is 24.1. The number of cyclic esters (lactones) is 1. The van der Waals surface area contributed by atoms with Gasteiger partial charge >= 0.3 is 6.09 Å². The van der Waals surface area contributed by atoms with Gasteiger partial charge in [-0.15, -0.1) is 0 Å². The van der Waals surface area contributed by atoms with Crippen molar-refractivity contribution in [3.8, 4) is 11.5 Å². The molecule has 0 saturated carbocycles. The second-order valence-corrected chi connectivity index (χ2v) is 8.97. The molecule has 1 aliphatic rings. The Morgan fingerprint density at radius 3 is 2.35 bits per heavy atom. The highest BCUT2D eigenvalue weighted by atomic mass is 79.9. The van der Waals surface area contributed by atoms with Gasteiger partial charge in [0.2, 0.25) is 5.91 Å². The number of amides is 2. The fraction of sp³-hybridized carbons (Fsp3) is 0.259. The molecule has 4 rings (SSSR count). The van der Waals surface area contributed by atoms with Crippen LogP contribution in [0.2, 0.25) is 0 Å². The molecule has 34 heavy (non-hydrogen) atoms. The first-order valence-electron chi connectivity index (χ1n) is 11.0. The van der Waals surface area contributed by atoms with Gasteiger partial charge in [-0.1, -0.05) is 64.5 Å². The van der Waals surface area contributed by atoms with Crippen LogP contribution in [0.3, 0.4) is 0 Å². The molecule has 1 fully saturated rings. The number of ether oxygens (including phenoxy) is 3. The molecule has 0 bridgehead atoms. The number of carbonyl (C=O) groups is 2. The van der Waals surface area contributed by atoms with Gasteiger partial charge in [-0.05, 0) is 53.8 Å². The summed E-state index contributed by atoms with van der Waals surface area (Å²) < 4.78 is 16.7. The topological polar surface area (TPSA) is 65.1 Å². The van der Waals surface area contributed by atoms with E-state index in [2.05, 4.69) is 15.9 Å². The van der Waals surface area contributed by atoms with E-state index in [1.54, 1.807) is 14.2 Å². The predicted molar refractivity (Wildman–Crippen MR) is 132 cm³/mol. The Kier molecular flexibility index (Phi) is 7.53. The van der Waals surface area contributed by atoms with Gasteiger partial charge in [0.25, 0.3) is 0 Å². The lowest BCUT2D eigenvalue weighted by Crippen LogP contribution is -2.43. The van der Waals surface area contributed by atoms with Gasteiger partial charge < -0.3 is 14.2 Å². The average molecular weight is 524 g/mol. The van der Waals surface area contributed by atoms with Crippen LogP contribution in [0.4, 0.5) is 4.79 Å². The molecule has 2 atom stereocenters. The monoisotopic (exact) mass is 523 g/mol. The third-order valence-corrected chi connectivity index (χ3v) is 6.75. The van der Waals surface area contributed by atoms with Gasteiger partial charge in [0, 0.05) is 4.47 Å². The van der Waals surface area contributed by atoms with Crippen LogP contribution in [0.25, 0.3) is 0 Å². The van der Waals surface area contributed by atoms with Gasteiger partial charge in [-0.25, -0.2) is 9.69 Å². The summed E-state index contributed by atoms with van der Waals surface area (Å²) in [6.07, 6.45) is 0.343. The van der Waals surface area contributed by atoms with E-state index in [-0.39, 0.29) is 18.6 Å². The van der Waals surface area contributed by atoms with E-state index >= 15 is 0 Å². The highest BCUT2D eigenvalue weighted by Gasteiger charge is 2.41. The molecule has 1 heterocycles. The van der Waals surface area contributed by atoms with Gasteiger partial charge in [0.1, 0.15) is 18.1 Å². The number of hydrogen-bond donors (Lipinski definition) is 0. The molecule has 0 radical (unpaired) electrons. The van der Waals surface area contributed by atoms with Crippen molar-refractivity contribution in [2.75, 3.05) is 20.8 Å². The second-order valence-electron chi connectivity index (χ2n) is 8.12. The van der Waals surface area contributed by atoms with Crippen molar-refractivity contribution >= 4 is 27.9 Å². The highest BCUT2D eigenvalue weighted by Crippen LogP contribution is 2.32. The van der Waals surface area contributed by atoms with Crippen LogP contribution >= 0.6 is 15.9 Å². The van der Waals surface area contributed by atoms with Crippen LogP contribution in [-0.2, 0) is 22.4 Å². The van der Waals surface area contributed by atoms with E-state index < -0.39 is 12.0 Å². The van der Waals surface area contributed by atoms with Gasteiger partial charge in [0.15, 0.2) is 0 Å². The predicted octanol–water partition coefficient (Wildman–Crippen LogP) is 5.38. The first kappa shape index (κ1) is 23.8. The van der Waals surface area contributed by atoms with Crippen LogP contribution in [0.1, 0.15) is 22.6 Å². The second kappa shape index (κ2) is 10.7. The maximum absolute atomic E-state index is 13.9. The number of benzene rings is 3. The Morgan fingerprint density at radius 1 is 1.03 bits per heavy atom. The smallest absolute Gasteiger partial charge is 0.417 e. The number of methoxy groups -OCH3 is 2. The van der Waals surface area contributed by atoms with Crippen molar-refractivity contribution in [2.24, 2.45) is 0 Å². The lowest BCUT2D eigenvalue weighted by molar-refractivity contribution is -0.130. The van der Waals surface area contributed by atoms with E-state index in [1.807, 2.05) is 72.8 Å². The molecule has 2 unspecified atom stereocenters. The molecule has 3 aromatic rings. The van der Waals surface area contributed by atoms with E-state index in [0.717, 1.165) is 21.2 Å². The summed E-state index contributed by atoms with van der Waals surface area (Å²) in [5.41, 5.74) is 2.77. The van der Waals surface area contributed by atoms with Crippen LogP contribution in [0.5, 0.6) is 11.5 Å². The minimum absolute atomic E-state index is 0.182. The molecule has 3 aromatic carbocycles. The van der Waals surface area contributed by atoms with Crippen molar-refractivity contribution < 1.29 is 23.8 Å². The summed E-state index contributed by atoms with van der Waals surface area (Å²) in [6.45, 7) is 0.182. The Hall–Kier alpha value is -3.32. The maximum Gasteiger partial charge on any atom is 0.417 e. The van der Waals surface area contributed by atoms with Crippen molar-refractivity contribution in [3.05, 3.63) is 94.0 Å². The Morgan fingerprint density at radius 2 is 1.71 bits per heavy atom. The third kappa shape index (κ3) is 5.25. The zero-order valence-corrected chi connectivity index (χ0v) is 20.7. The fourth-order valence-corrected chi connectivity index (χ4v) is 4.68. The van der Waals surface area contributed by atoms with Crippen LogP contribution in [0.15, 0.2) is 77.3 Å². The average Bonchev–Trinajstić information content (AvgIpc) is 3.23. The molecule has 6 nitrogen and oxygen atoms in total. The van der Waals surface area contributed by atoms with Gasteiger partial charge in [0.05, 0.1) is 26.2 Å². The van der Waals surface area contributed by atoms with E-state index in [9.17, 15) is 9.59 Å². The summed E-state index contributed by atoms with van der Waals surface area (Å²) in [4.78, 5) is 27.9. The van der Waals surface area contributed by atoms with Gasteiger partial charge in [-0.2, -0.15) is 0 Å². The number of rotatable bonds is 8. The largest absolute Gasteiger partial charge is 0.497 e. The maximum atomic E-state index is 13.9. The minimum atomic E-state index is -0.599. The molecule has 0 N–H and O–H groups in total. The Bertz CT molecular complexity index is 1150. The lowest BCUT2D eigenvalue weighted by Gasteiger charge is -2.26. The molecule has 0 aliphatic carbocycles. The molecular formula is C27H26BrNO5. The Balaban J connectivity index is 1.66. The highest BCUT2D eigenvalue weighted by molar-refractivity contribution is 9.10. The zero-order valence-electron chi connectivity index (χ0n) is 19.1. The number of imide groups is 1. The number of carbonyl (C=O) groups excluding carboxylic acids is 2. The van der Waals surface area contributed by atoms with Crippen molar-refractivity contribution in [3.63, 3.8) is 0 Å². The molecule has 1 aliphatic heterocycles. The van der Waals surface area contributed by atoms with Crippen LogP contribution < -0.4 is 9.47 Å². The normalized spacial score (nSPS) is 16.1. The Labute approximate surface area is 207 Å². The van der Waals surface area contributed by atoms with E-state index in [4.69, 9.17) is 14.2 Å². The van der Waals surface area contributed by atoms with Crippen molar-refractivity contribution in [1.29, 1.82) is 0 Å². The number of hydrogen-bond acceptors (Lipinski definition) is 5. The molecule has 1 saturated heterocycles.